The van der Waals surface area contributed by atoms with Gasteiger partial charge >= 0.3 is 6.09 Å². The quantitative estimate of drug-likeness (QED) is 0.880. The van der Waals surface area contributed by atoms with Gasteiger partial charge in [-0.05, 0) is 56.2 Å². The Hall–Kier alpha value is -2.89. The molecule has 126 valence electrons. The third kappa shape index (κ3) is 4.10. The Balaban J connectivity index is 2.22. The molecule has 2 amide bonds. The fourth-order valence-corrected chi connectivity index (χ4v) is 2.21. The van der Waals surface area contributed by atoms with E-state index >= 15 is 0 Å². The summed E-state index contributed by atoms with van der Waals surface area (Å²) in [7, 11) is 0. The van der Waals surface area contributed by atoms with E-state index < -0.39 is 17.8 Å². The van der Waals surface area contributed by atoms with Gasteiger partial charge in [0.2, 0.25) is 0 Å². The first-order valence-corrected chi connectivity index (χ1v) is 7.53. The van der Waals surface area contributed by atoms with Crippen molar-refractivity contribution in [3.63, 3.8) is 0 Å². The Labute approximate surface area is 139 Å². The number of rotatable bonds is 4. The highest BCUT2D eigenvalue weighted by molar-refractivity contribution is 6.06. The zero-order valence-corrected chi connectivity index (χ0v) is 13.8. The molecule has 0 saturated carbocycles. The van der Waals surface area contributed by atoms with E-state index in [-0.39, 0.29) is 12.2 Å². The minimum absolute atomic E-state index is 0.262. The Bertz CT molecular complexity index is 775. The highest BCUT2D eigenvalue weighted by Crippen LogP contribution is 2.24. The van der Waals surface area contributed by atoms with Gasteiger partial charge < -0.3 is 10.1 Å². The molecule has 0 radical (unpaired) electrons. The van der Waals surface area contributed by atoms with Crippen LogP contribution in [0.15, 0.2) is 36.4 Å². The van der Waals surface area contributed by atoms with Crippen LogP contribution in [0.3, 0.4) is 0 Å². The second-order valence-corrected chi connectivity index (χ2v) is 5.24. The summed E-state index contributed by atoms with van der Waals surface area (Å²) in [5.74, 6) is -0.886. The van der Waals surface area contributed by atoms with Crippen LogP contribution in [-0.2, 0) is 4.74 Å². The molecule has 2 aromatic rings. The lowest BCUT2D eigenvalue weighted by Gasteiger charge is -2.14. The molecule has 0 bridgehead atoms. The van der Waals surface area contributed by atoms with Crippen LogP contribution in [0.25, 0.3) is 0 Å². The molecule has 0 unspecified atom stereocenters. The van der Waals surface area contributed by atoms with Crippen molar-refractivity contribution in [1.82, 2.24) is 0 Å². The summed E-state index contributed by atoms with van der Waals surface area (Å²) in [6.45, 7) is 5.47. The SMILES string of the molecule is CCOC(=O)Nc1cccc(NC(=O)c2cc(F)ccc2C)c1C. The van der Waals surface area contributed by atoms with Gasteiger partial charge in [-0.25, -0.2) is 9.18 Å². The molecule has 2 rings (SSSR count). The molecular formula is C18H19FN2O3. The molecule has 24 heavy (non-hydrogen) atoms. The molecule has 0 spiro atoms. The number of anilines is 2. The molecule has 2 N–H and O–H groups in total. The zero-order valence-electron chi connectivity index (χ0n) is 13.8. The molecule has 0 heterocycles. The molecule has 0 fully saturated rings. The van der Waals surface area contributed by atoms with Crippen LogP contribution in [-0.4, -0.2) is 18.6 Å². The van der Waals surface area contributed by atoms with Crippen LogP contribution < -0.4 is 10.6 Å². The lowest BCUT2D eigenvalue weighted by atomic mass is 10.1. The number of carbonyl (C=O) groups excluding carboxylic acids is 2. The van der Waals surface area contributed by atoms with Crippen LogP contribution in [0.4, 0.5) is 20.6 Å². The first kappa shape index (κ1) is 17.5. The maximum Gasteiger partial charge on any atom is 0.411 e. The van der Waals surface area contributed by atoms with Crippen molar-refractivity contribution in [2.45, 2.75) is 20.8 Å². The van der Waals surface area contributed by atoms with Crippen molar-refractivity contribution in [3.05, 3.63) is 58.9 Å². The fraction of sp³-hybridized carbons (Fsp3) is 0.222. The topological polar surface area (TPSA) is 67.4 Å². The van der Waals surface area contributed by atoms with Gasteiger partial charge in [0.1, 0.15) is 5.82 Å². The third-order valence-electron chi connectivity index (χ3n) is 3.54. The molecule has 6 heteroatoms. The van der Waals surface area contributed by atoms with Crippen molar-refractivity contribution in [2.24, 2.45) is 0 Å². The second-order valence-electron chi connectivity index (χ2n) is 5.24. The van der Waals surface area contributed by atoms with Gasteiger partial charge in [0.05, 0.1) is 6.61 Å². The van der Waals surface area contributed by atoms with Crippen LogP contribution in [0.5, 0.6) is 0 Å². The highest BCUT2D eigenvalue weighted by Gasteiger charge is 2.13. The first-order chi connectivity index (χ1) is 11.4. The lowest BCUT2D eigenvalue weighted by molar-refractivity contribution is 0.102. The molecule has 0 aliphatic rings. The van der Waals surface area contributed by atoms with Gasteiger partial charge in [-0.15, -0.1) is 0 Å². The Kier molecular flexibility index (Phi) is 5.52. The smallest absolute Gasteiger partial charge is 0.411 e. The van der Waals surface area contributed by atoms with Gasteiger partial charge in [-0.3, -0.25) is 10.1 Å². The standard InChI is InChI=1S/C18H19FN2O3/c1-4-24-18(23)21-16-7-5-6-15(12(16)3)20-17(22)14-10-13(19)9-8-11(14)2/h5-10H,4H2,1-3H3,(H,20,22)(H,21,23). The Morgan fingerprint density at radius 1 is 1.08 bits per heavy atom. The number of carbonyl (C=O) groups is 2. The second kappa shape index (κ2) is 7.59. The number of benzene rings is 2. The van der Waals surface area contributed by atoms with E-state index in [4.69, 9.17) is 4.74 Å². The fourth-order valence-electron chi connectivity index (χ4n) is 2.21. The van der Waals surface area contributed by atoms with Gasteiger partial charge in [-0.1, -0.05) is 12.1 Å². The van der Waals surface area contributed by atoms with E-state index in [1.165, 1.54) is 12.1 Å². The molecule has 0 aliphatic heterocycles. The summed E-state index contributed by atoms with van der Waals surface area (Å²) in [6.07, 6.45) is -0.565. The summed E-state index contributed by atoms with van der Waals surface area (Å²) in [5, 5.41) is 5.36. The van der Waals surface area contributed by atoms with Gasteiger partial charge in [0.15, 0.2) is 0 Å². The number of hydrogen-bond acceptors (Lipinski definition) is 3. The maximum absolute atomic E-state index is 13.4. The molecule has 2 aromatic carbocycles. The molecule has 0 atom stereocenters. The predicted octanol–water partition coefficient (Wildman–Crippen LogP) is 4.26. The number of aryl methyl sites for hydroxylation is 1. The zero-order chi connectivity index (χ0) is 17.7. The number of ether oxygens (including phenoxy) is 1. The average Bonchev–Trinajstić information content (AvgIpc) is 2.53. The van der Waals surface area contributed by atoms with Gasteiger partial charge in [-0.2, -0.15) is 0 Å². The summed E-state index contributed by atoms with van der Waals surface area (Å²) in [6, 6.07) is 9.16. The maximum atomic E-state index is 13.4. The van der Waals surface area contributed by atoms with Crippen molar-refractivity contribution >= 4 is 23.4 Å². The predicted molar refractivity (Wildman–Crippen MR) is 90.9 cm³/mol. The van der Waals surface area contributed by atoms with E-state index in [1.807, 2.05) is 0 Å². The average molecular weight is 330 g/mol. The van der Waals surface area contributed by atoms with Crippen LogP contribution in [0, 0.1) is 19.7 Å². The Morgan fingerprint density at radius 3 is 2.42 bits per heavy atom. The Morgan fingerprint density at radius 2 is 1.75 bits per heavy atom. The van der Waals surface area contributed by atoms with E-state index in [1.54, 1.807) is 45.0 Å². The molecular weight excluding hydrogens is 311 g/mol. The lowest BCUT2D eigenvalue weighted by Crippen LogP contribution is -2.17. The number of nitrogens with one attached hydrogen (secondary N) is 2. The largest absolute Gasteiger partial charge is 0.450 e. The van der Waals surface area contributed by atoms with Gasteiger partial charge in [0, 0.05) is 16.9 Å². The van der Waals surface area contributed by atoms with E-state index in [0.717, 1.165) is 0 Å². The first-order valence-electron chi connectivity index (χ1n) is 7.53. The minimum atomic E-state index is -0.565. The monoisotopic (exact) mass is 330 g/mol. The van der Waals surface area contributed by atoms with Crippen LogP contribution >= 0.6 is 0 Å². The number of amides is 2. The van der Waals surface area contributed by atoms with Crippen molar-refractivity contribution in [3.8, 4) is 0 Å². The van der Waals surface area contributed by atoms with E-state index in [2.05, 4.69) is 10.6 Å². The summed E-state index contributed by atoms with van der Waals surface area (Å²) in [5.41, 5.74) is 2.67. The molecule has 0 aromatic heterocycles. The molecule has 5 nitrogen and oxygen atoms in total. The molecule has 0 saturated heterocycles. The van der Waals surface area contributed by atoms with Crippen LogP contribution in [0.1, 0.15) is 28.4 Å². The van der Waals surface area contributed by atoms with Crippen LogP contribution in [0.2, 0.25) is 0 Å². The summed E-state index contributed by atoms with van der Waals surface area (Å²) in [4.78, 5) is 23.9. The van der Waals surface area contributed by atoms with E-state index in [0.29, 0.717) is 22.5 Å². The molecule has 0 aliphatic carbocycles. The summed E-state index contributed by atoms with van der Waals surface area (Å²) < 4.78 is 18.2. The minimum Gasteiger partial charge on any atom is -0.450 e. The van der Waals surface area contributed by atoms with Crippen molar-refractivity contribution in [2.75, 3.05) is 17.2 Å². The highest BCUT2D eigenvalue weighted by atomic mass is 19.1. The number of hydrogen-bond donors (Lipinski definition) is 2. The van der Waals surface area contributed by atoms with E-state index in [9.17, 15) is 14.0 Å². The van der Waals surface area contributed by atoms with Crippen molar-refractivity contribution < 1.29 is 18.7 Å². The summed E-state index contributed by atoms with van der Waals surface area (Å²) >= 11 is 0. The third-order valence-corrected chi connectivity index (χ3v) is 3.54. The number of halogens is 1. The van der Waals surface area contributed by atoms with Gasteiger partial charge in [0.25, 0.3) is 5.91 Å². The normalized spacial score (nSPS) is 10.2. The van der Waals surface area contributed by atoms with Crippen molar-refractivity contribution in [1.29, 1.82) is 0 Å².